The molecule has 1 unspecified atom stereocenters. The van der Waals surface area contributed by atoms with Gasteiger partial charge in [0, 0.05) is 11.0 Å². The molecule has 2 aromatic carbocycles. The van der Waals surface area contributed by atoms with Crippen LogP contribution in [0.1, 0.15) is 42.5 Å². The molecule has 24 heavy (non-hydrogen) atoms. The van der Waals surface area contributed by atoms with Crippen LogP contribution < -0.4 is 5.30 Å². The van der Waals surface area contributed by atoms with Crippen LogP contribution in [0.2, 0.25) is 10.0 Å². The van der Waals surface area contributed by atoms with Gasteiger partial charge in [-0.2, -0.15) is 0 Å². The highest BCUT2D eigenvalue weighted by atomic mass is 35.5. The van der Waals surface area contributed by atoms with E-state index in [9.17, 15) is 9.36 Å². The van der Waals surface area contributed by atoms with E-state index < -0.39 is 12.7 Å². The van der Waals surface area contributed by atoms with Gasteiger partial charge < -0.3 is 4.57 Å². The first kappa shape index (κ1) is 17.7. The Hall–Kier alpha value is -1.08. The van der Waals surface area contributed by atoms with E-state index in [2.05, 4.69) is 0 Å². The quantitative estimate of drug-likeness (QED) is 0.595. The van der Waals surface area contributed by atoms with Gasteiger partial charge in [0.2, 0.25) is 5.52 Å². The van der Waals surface area contributed by atoms with E-state index in [-0.39, 0.29) is 21.3 Å². The Labute approximate surface area is 152 Å². The molecule has 2 aromatic rings. The van der Waals surface area contributed by atoms with Crippen LogP contribution in [0, 0.1) is 0 Å². The molecule has 0 bridgehead atoms. The van der Waals surface area contributed by atoms with Crippen molar-refractivity contribution in [3.8, 4) is 0 Å². The molecule has 0 heterocycles. The lowest BCUT2D eigenvalue weighted by molar-refractivity contribution is 0.107. The average Bonchev–Trinajstić information content (AvgIpc) is 2.62. The van der Waals surface area contributed by atoms with Crippen LogP contribution >= 0.6 is 30.3 Å². The van der Waals surface area contributed by atoms with Gasteiger partial charge >= 0.3 is 0 Å². The van der Waals surface area contributed by atoms with Gasteiger partial charge in [-0.05, 0) is 25.0 Å². The second kappa shape index (κ2) is 7.44. The first-order chi connectivity index (χ1) is 11.5. The number of benzene rings is 2. The van der Waals surface area contributed by atoms with Gasteiger partial charge in [-0.1, -0.05) is 78.9 Å². The summed E-state index contributed by atoms with van der Waals surface area (Å²) < 4.78 is 14.1. The van der Waals surface area contributed by atoms with Gasteiger partial charge in [-0.15, -0.1) is 0 Å². The van der Waals surface area contributed by atoms with Gasteiger partial charge in [-0.3, -0.25) is 4.79 Å². The summed E-state index contributed by atoms with van der Waals surface area (Å²) in [4.78, 5) is 13.4. The predicted octanol–water partition coefficient (Wildman–Crippen LogP) is 6.15. The minimum absolute atomic E-state index is 0.131. The number of rotatable bonds is 4. The van der Waals surface area contributed by atoms with Gasteiger partial charge in [0.15, 0.2) is 7.14 Å². The molecule has 0 aliphatic heterocycles. The van der Waals surface area contributed by atoms with E-state index in [4.69, 9.17) is 23.2 Å². The monoisotopic (exact) mass is 380 g/mol. The number of hydrogen-bond acceptors (Lipinski definition) is 2. The maximum Gasteiger partial charge on any atom is 0.228 e. The highest BCUT2D eigenvalue weighted by Crippen LogP contribution is 2.58. The molecule has 0 spiro atoms. The molecule has 1 saturated carbocycles. The maximum absolute atomic E-state index is 14.1. The summed E-state index contributed by atoms with van der Waals surface area (Å²) in [6.07, 6.45) is 4.75. The SMILES string of the molecule is O=C(c1c(Cl)cccc1Cl)P(=O)(c1ccccc1)C1CCCCC1. The molecular weight excluding hydrogens is 362 g/mol. The van der Waals surface area contributed by atoms with Crippen LogP contribution in [0.3, 0.4) is 0 Å². The third-order valence-corrected chi connectivity index (χ3v) is 8.77. The van der Waals surface area contributed by atoms with E-state index in [1.54, 1.807) is 30.3 Å². The zero-order valence-electron chi connectivity index (χ0n) is 13.3. The smallest absolute Gasteiger partial charge is 0.228 e. The summed E-state index contributed by atoms with van der Waals surface area (Å²) in [7, 11) is -3.32. The fourth-order valence-corrected chi connectivity index (χ4v) is 7.43. The van der Waals surface area contributed by atoms with Gasteiger partial charge in [0.25, 0.3) is 0 Å². The van der Waals surface area contributed by atoms with Crippen molar-refractivity contribution in [3.05, 3.63) is 64.1 Å². The molecule has 0 amide bonds. The van der Waals surface area contributed by atoms with Crippen molar-refractivity contribution in [2.45, 2.75) is 37.8 Å². The largest absolute Gasteiger partial charge is 0.310 e. The Bertz CT molecular complexity index is 763. The molecule has 0 saturated heterocycles. The Morgan fingerprint density at radius 1 is 0.875 bits per heavy atom. The Balaban J connectivity index is 2.15. The molecule has 3 rings (SSSR count). The highest BCUT2D eigenvalue weighted by Gasteiger charge is 2.43. The standard InChI is InChI=1S/C19H19Cl2O2P/c20-16-12-7-13-17(21)18(16)19(22)24(23,14-8-3-1-4-9-14)15-10-5-2-6-11-15/h1,3-4,7-9,12-13,15H,2,5-6,10-11H2. The van der Waals surface area contributed by atoms with Gasteiger partial charge in [0.05, 0.1) is 15.6 Å². The van der Waals surface area contributed by atoms with Crippen molar-refractivity contribution in [1.29, 1.82) is 0 Å². The minimum atomic E-state index is -3.32. The van der Waals surface area contributed by atoms with Crippen molar-refractivity contribution in [2.75, 3.05) is 0 Å². The van der Waals surface area contributed by atoms with Crippen molar-refractivity contribution in [2.24, 2.45) is 0 Å². The summed E-state index contributed by atoms with van der Waals surface area (Å²) in [5.41, 5.74) is -0.344. The minimum Gasteiger partial charge on any atom is -0.310 e. The molecule has 1 aliphatic carbocycles. The molecule has 0 radical (unpaired) electrons. The summed E-state index contributed by atoms with van der Waals surface area (Å²) in [6, 6.07) is 14.0. The van der Waals surface area contributed by atoms with Crippen LogP contribution in [-0.2, 0) is 4.57 Å². The number of halogens is 2. The van der Waals surface area contributed by atoms with E-state index in [0.29, 0.717) is 5.30 Å². The predicted molar refractivity (Wildman–Crippen MR) is 101 cm³/mol. The molecule has 0 aromatic heterocycles. The van der Waals surface area contributed by atoms with Crippen LogP contribution in [0.5, 0.6) is 0 Å². The number of carbonyl (C=O) groups is 1. The van der Waals surface area contributed by atoms with Crippen molar-refractivity contribution in [1.82, 2.24) is 0 Å². The fourth-order valence-electron chi connectivity index (χ4n) is 3.46. The van der Waals surface area contributed by atoms with Crippen LogP contribution in [0.4, 0.5) is 0 Å². The normalized spacial score (nSPS) is 18.1. The first-order valence-corrected chi connectivity index (χ1v) is 10.7. The van der Waals surface area contributed by atoms with E-state index >= 15 is 0 Å². The first-order valence-electron chi connectivity index (χ1n) is 8.19. The second-order valence-electron chi connectivity index (χ2n) is 6.19. The van der Waals surface area contributed by atoms with E-state index in [1.807, 2.05) is 18.2 Å². The summed E-state index contributed by atoms with van der Waals surface area (Å²) in [5, 5.41) is 1.14. The number of hydrogen-bond donors (Lipinski definition) is 0. The van der Waals surface area contributed by atoms with Gasteiger partial charge in [-0.25, -0.2) is 0 Å². The number of carbonyl (C=O) groups excluding carboxylic acids is 1. The van der Waals surface area contributed by atoms with Gasteiger partial charge in [0.1, 0.15) is 0 Å². The van der Waals surface area contributed by atoms with Crippen LogP contribution in [0.15, 0.2) is 48.5 Å². The average molecular weight is 381 g/mol. The summed E-state index contributed by atoms with van der Waals surface area (Å²) >= 11 is 12.5. The second-order valence-corrected chi connectivity index (χ2v) is 9.97. The third kappa shape index (κ3) is 3.20. The maximum atomic E-state index is 14.1. The Morgan fingerprint density at radius 2 is 1.46 bits per heavy atom. The van der Waals surface area contributed by atoms with Crippen LogP contribution in [0.25, 0.3) is 0 Å². The Kier molecular flexibility index (Phi) is 5.49. The molecule has 0 N–H and O–H groups in total. The highest BCUT2D eigenvalue weighted by molar-refractivity contribution is 7.88. The zero-order chi connectivity index (χ0) is 17.2. The van der Waals surface area contributed by atoms with Crippen molar-refractivity contribution in [3.63, 3.8) is 0 Å². The van der Waals surface area contributed by atoms with E-state index in [1.165, 1.54) is 0 Å². The fraction of sp³-hybridized carbons (Fsp3) is 0.316. The molecule has 1 fully saturated rings. The topological polar surface area (TPSA) is 34.1 Å². The molecule has 1 aliphatic rings. The van der Waals surface area contributed by atoms with Crippen molar-refractivity contribution < 1.29 is 9.36 Å². The molecule has 126 valence electrons. The summed E-state index contributed by atoms with van der Waals surface area (Å²) in [6.45, 7) is 0. The van der Waals surface area contributed by atoms with Crippen molar-refractivity contribution >= 4 is 41.2 Å². The Morgan fingerprint density at radius 3 is 2.04 bits per heavy atom. The molecule has 1 atom stereocenters. The molecular formula is C19H19Cl2O2P. The molecule has 5 heteroatoms. The molecule has 2 nitrogen and oxygen atoms in total. The zero-order valence-corrected chi connectivity index (χ0v) is 15.7. The third-order valence-electron chi connectivity index (χ3n) is 4.71. The lowest BCUT2D eigenvalue weighted by Gasteiger charge is -2.30. The van der Waals surface area contributed by atoms with Crippen LogP contribution in [-0.4, -0.2) is 11.2 Å². The summed E-state index contributed by atoms with van der Waals surface area (Å²) in [5.74, 6) is 0. The lowest BCUT2D eigenvalue weighted by atomic mass is 10.0. The lowest BCUT2D eigenvalue weighted by Crippen LogP contribution is -2.26. The van der Waals surface area contributed by atoms with E-state index in [0.717, 1.165) is 32.1 Å².